The summed E-state index contributed by atoms with van der Waals surface area (Å²) in [5.74, 6) is 0.356. The zero-order chi connectivity index (χ0) is 19.5. The Morgan fingerprint density at radius 3 is 2.18 bits per heavy atom. The standard InChI is InChI=1S/C20H23F2N5O/c21-16-4-3-15(17(22)12-16)11-20(28)27-9-7-26(8-10-27)19-13-18(23-14-24-19)25-5-1-2-6-25/h3-4,12-14H,1-2,5-11H2. The van der Waals surface area contributed by atoms with Crippen LogP contribution in [0.15, 0.2) is 30.6 Å². The van der Waals surface area contributed by atoms with Gasteiger partial charge in [0.2, 0.25) is 5.91 Å². The summed E-state index contributed by atoms with van der Waals surface area (Å²) in [6.07, 6.45) is 3.92. The number of carbonyl (C=O) groups is 1. The summed E-state index contributed by atoms with van der Waals surface area (Å²) < 4.78 is 26.8. The van der Waals surface area contributed by atoms with E-state index in [0.29, 0.717) is 26.2 Å². The number of aromatic nitrogens is 2. The Labute approximate surface area is 162 Å². The summed E-state index contributed by atoms with van der Waals surface area (Å²) in [6, 6.07) is 5.33. The molecule has 28 heavy (non-hydrogen) atoms. The van der Waals surface area contributed by atoms with E-state index in [1.54, 1.807) is 11.2 Å². The van der Waals surface area contributed by atoms with E-state index >= 15 is 0 Å². The van der Waals surface area contributed by atoms with Gasteiger partial charge in [-0.2, -0.15) is 0 Å². The Hall–Kier alpha value is -2.77. The molecule has 148 valence electrons. The van der Waals surface area contributed by atoms with Gasteiger partial charge in [-0.25, -0.2) is 18.7 Å². The maximum absolute atomic E-state index is 13.8. The minimum atomic E-state index is -0.678. The number of hydrogen-bond donors (Lipinski definition) is 0. The Morgan fingerprint density at radius 2 is 1.54 bits per heavy atom. The predicted octanol–water partition coefficient (Wildman–Crippen LogP) is 2.25. The number of benzene rings is 1. The number of anilines is 2. The van der Waals surface area contributed by atoms with Gasteiger partial charge in [0.25, 0.3) is 0 Å². The summed E-state index contributed by atoms with van der Waals surface area (Å²) in [5, 5.41) is 0. The first-order valence-corrected chi connectivity index (χ1v) is 9.64. The topological polar surface area (TPSA) is 52.6 Å². The van der Waals surface area contributed by atoms with Crippen LogP contribution >= 0.6 is 0 Å². The minimum absolute atomic E-state index is 0.0568. The third kappa shape index (κ3) is 4.05. The van der Waals surface area contributed by atoms with Gasteiger partial charge >= 0.3 is 0 Å². The van der Waals surface area contributed by atoms with Crippen molar-refractivity contribution in [3.8, 4) is 0 Å². The third-order valence-electron chi connectivity index (χ3n) is 5.38. The van der Waals surface area contributed by atoms with Gasteiger partial charge in [-0.3, -0.25) is 4.79 Å². The second kappa shape index (κ2) is 8.08. The van der Waals surface area contributed by atoms with Gasteiger partial charge in [0, 0.05) is 51.4 Å². The lowest BCUT2D eigenvalue weighted by Crippen LogP contribution is -2.49. The molecule has 2 fully saturated rings. The monoisotopic (exact) mass is 387 g/mol. The maximum Gasteiger partial charge on any atom is 0.227 e. The van der Waals surface area contributed by atoms with Gasteiger partial charge in [0.15, 0.2) is 0 Å². The van der Waals surface area contributed by atoms with Crippen LogP contribution in [0.5, 0.6) is 0 Å². The average Bonchev–Trinajstić information content (AvgIpc) is 3.25. The number of carbonyl (C=O) groups excluding carboxylic acids is 1. The molecule has 4 rings (SSSR count). The Bertz CT molecular complexity index is 848. The maximum atomic E-state index is 13.8. The fourth-order valence-corrected chi connectivity index (χ4v) is 3.75. The van der Waals surface area contributed by atoms with E-state index in [1.807, 2.05) is 6.07 Å². The van der Waals surface area contributed by atoms with Gasteiger partial charge < -0.3 is 14.7 Å². The highest BCUT2D eigenvalue weighted by Crippen LogP contribution is 2.22. The predicted molar refractivity (Wildman–Crippen MR) is 102 cm³/mol. The largest absolute Gasteiger partial charge is 0.356 e. The third-order valence-corrected chi connectivity index (χ3v) is 5.38. The molecule has 1 aromatic carbocycles. The molecule has 8 heteroatoms. The molecule has 0 atom stereocenters. The van der Waals surface area contributed by atoms with Crippen LogP contribution in [-0.4, -0.2) is 60.0 Å². The van der Waals surface area contributed by atoms with Gasteiger partial charge in [-0.05, 0) is 24.5 Å². The molecule has 2 aromatic rings. The summed E-state index contributed by atoms with van der Waals surface area (Å²) in [6.45, 7) is 4.47. The fraction of sp³-hybridized carbons (Fsp3) is 0.450. The molecule has 6 nitrogen and oxygen atoms in total. The summed E-state index contributed by atoms with van der Waals surface area (Å²) in [4.78, 5) is 27.4. The second-order valence-electron chi connectivity index (χ2n) is 7.21. The van der Waals surface area contributed by atoms with Crippen molar-refractivity contribution in [1.29, 1.82) is 0 Å². The summed E-state index contributed by atoms with van der Waals surface area (Å²) in [5.41, 5.74) is 0.222. The highest BCUT2D eigenvalue weighted by atomic mass is 19.1. The molecular weight excluding hydrogens is 364 g/mol. The van der Waals surface area contributed by atoms with Crippen LogP contribution in [0.2, 0.25) is 0 Å². The van der Waals surface area contributed by atoms with Gasteiger partial charge in [0.05, 0.1) is 6.42 Å². The van der Waals surface area contributed by atoms with E-state index in [9.17, 15) is 13.6 Å². The molecule has 2 saturated heterocycles. The van der Waals surface area contributed by atoms with Crippen LogP contribution in [0, 0.1) is 11.6 Å². The van der Waals surface area contributed by atoms with Crippen molar-refractivity contribution in [2.75, 3.05) is 49.1 Å². The minimum Gasteiger partial charge on any atom is -0.356 e. The molecule has 0 saturated carbocycles. The van der Waals surface area contributed by atoms with Crippen LogP contribution < -0.4 is 9.80 Å². The van der Waals surface area contributed by atoms with E-state index in [2.05, 4.69) is 19.8 Å². The van der Waals surface area contributed by atoms with Crippen LogP contribution in [-0.2, 0) is 11.2 Å². The van der Waals surface area contributed by atoms with Gasteiger partial charge in [-0.1, -0.05) is 6.07 Å². The van der Waals surface area contributed by atoms with E-state index in [-0.39, 0.29) is 17.9 Å². The fourth-order valence-electron chi connectivity index (χ4n) is 3.75. The molecule has 0 bridgehead atoms. The van der Waals surface area contributed by atoms with Crippen molar-refractivity contribution in [2.45, 2.75) is 19.3 Å². The van der Waals surface area contributed by atoms with Gasteiger partial charge in [-0.15, -0.1) is 0 Å². The van der Waals surface area contributed by atoms with Crippen LogP contribution in [0.4, 0.5) is 20.4 Å². The van der Waals surface area contributed by atoms with Crippen molar-refractivity contribution >= 4 is 17.5 Å². The Morgan fingerprint density at radius 1 is 0.893 bits per heavy atom. The first-order chi connectivity index (χ1) is 13.6. The van der Waals surface area contributed by atoms with Crippen molar-refractivity contribution in [3.63, 3.8) is 0 Å². The Kier molecular flexibility index (Phi) is 5.36. The van der Waals surface area contributed by atoms with Crippen LogP contribution in [0.1, 0.15) is 18.4 Å². The lowest BCUT2D eigenvalue weighted by atomic mass is 10.1. The number of piperazine rings is 1. The SMILES string of the molecule is O=C(Cc1ccc(F)cc1F)N1CCN(c2cc(N3CCCC3)ncn2)CC1. The molecule has 0 aliphatic carbocycles. The molecule has 0 spiro atoms. The molecule has 0 radical (unpaired) electrons. The number of amides is 1. The van der Waals surface area contributed by atoms with Crippen molar-refractivity contribution < 1.29 is 13.6 Å². The number of halogens is 2. The zero-order valence-corrected chi connectivity index (χ0v) is 15.7. The summed E-state index contributed by atoms with van der Waals surface area (Å²) >= 11 is 0. The first kappa shape index (κ1) is 18.6. The van der Waals surface area contributed by atoms with Crippen LogP contribution in [0.3, 0.4) is 0 Å². The normalized spacial score (nSPS) is 17.3. The van der Waals surface area contributed by atoms with Crippen LogP contribution in [0.25, 0.3) is 0 Å². The molecule has 1 amide bonds. The highest BCUT2D eigenvalue weighted by molar-refractivity contribution is 5.79. The first-order valence-electron chi connectivity index (χ1n) is 9.64. The zero-order valence-electron chi connectivity index (χ0n) is 15.7. The highest BCUT2D eigenvalue weighted by Gasteiger charge is 2.24. The lowest BCUT2D eigenvalue weighted by molar-refractivity contribution is -0.130. The van der Waals surface area contributed by atoms with Crippen molar-refractivity contribution in [1.82, 2.24) is 14.9 Å². The molecular formula is C20H23F2N5O. The molecule has 0 unspecified atom stereocenters. The van der Waals surface area contributed by atoms with E-state index in [1.165, 1.54) is 25.0 Å². The molecule has 3 heterocycles. The van der Waals surface area contributed by atoms with Crippen molar-refractivity contribution in [2.24, 2.45) is 0 Å². The molecule has 1 aromatic heterocycles. The quantitative estimate of drug-likeness (QED) is 0.806. The number of rotatable bonds is 4. The van der Waals surface area contributed by atoms with E-state index in [4.69, 9.17) is 0 Å². The van der Waals surface area contributed by atoms with E-state index in [0.717, 1.165) is 30.8 Å². The van der Waals surface area contributed by atoms with Crippen molar-refractivity contribution in [3.05, 3.63) is 47.8 Å². The smallest absolute Gasteiger partial charge is 0.227 e. The summed E-state index contributed by atoms with van der Waals surface area (Å²) in [7, 11) is 0. The van der Waals surface area contributed by atoms with E-state index < -0.39 is 11.6 Å². The number of hydrogen-bond acceptors (Lipinski definition) is 5. The second-order valence-corrected chi connectivity index (χ2v) is 7.21. The molecule has 2 aliphatic heterocycles. The number of nitrogens with zero attached hydrogens (tertiary/aromatic N) is 5. The Balaban J connectivity index is 1.35. The lowest BCUT2D eigenvalue weighted by Gasteiger charge is -2.35. The molecule has 0 N–H and O–H groups in total. The molecule has 2 aliphatic rings. The van der Waals surface area contributed by atoms with Gasteiger partial charge in [0.1, 0.15) is 29.6 Å². The average molecular weight is 387 g/mol.